The number of aromatic nitrogens is 4. The fourth-order valence-electron chi connectivity index (χ4n) is 5.25. The first-order valence-electron chi connectivity index (χ1n) is 15.6. The van der Waals surface area contributed by atoms with Crippen molar-refractivity contribution < 1.29 is 35.1 Å². The molecule has 0 aliphatic carbocycles. The number of halogens is 4. The maximum Gasteiger partial charge on any atom is 0.327 e. The summed E-state index contributed by atoms with van der Waals surface area (Å²) in [5.74, 6) is -3.32. The van der Waals surface area contributed by atoms with E-state index < -0.39 is 64.1 Å². The van der Waals surface area contributed by atoms with Gasteiger partial charge in [-0.2, -0.15) is 0 Å². The van der Waals surface area contributed by atoms with E-state index in [-0.39, 0.29) is 37.6 Å². The first-order valence-corrected chi connectivity index (χ1v) is 19.4. The van der Waals surface area contributed by atoms with E-state index in [1.807, 2.05) is 0 Å². The third kappa shape index (κ3) is 6.99. The van der Waals surface area contributed by atoms with Crippen LogP contribution in [0, 0.1) is 11.6 Å². The summed E-state index contributed by atoms with van der Waals surface area (Å²) in [6.45, 7) is 7.46. The predicted molar refractivity (Wildman–Crippen MR) is 198 cm³/mol. The molecule has 6 aromatic rings. The Bertz CT molecular complexity index is 2680. The van der Waals surface area contributed by atoms with Gasteiger partial charge in [0.2, 0.25) is 0 Å². The summed E-state index contributed by atoms with van der Waals surface area (Å²) in [5, 5.41) is 2.53. The van der Waals surface area contributed by atoms with E-state index in [9.17, 15) is 21.6 Å². The molecule has 0 bridgehead atoms. The van der Waals surface area contributed by atoms with Gasteiger partial charge in [0.25, 0.3) is 10.0 Å². The van der Waals surface area contributed by atoms with Gasteiger partial charge >= 0.3 is 5.97 Å². The lowest BCUT2D eigenvalue weighted by Gasteiger charge is -2.28. The summed E-state index contributed by atoms with van der Waals surface area (Å²) in [5.41, 5.74) is -1.63. The van der Waals surface area contributed by atoms with Crippen LogP contribution in [-0.4, -0.2) is 52.7 Å². The fourth-order valence-corrected chi connectivity index (χ4v) is 8.59. The molecular weight excluding hydrogens is 773 g/mol. The van der Waals surface area contributed by atoms with Crippen molar-refractivity contribution in [2.75, 3.05) is 10.0 Å². The van der Waals surface area contributed by atoms with Crippen LogP contribution in [-0.2, 0) is 29.4 Å². The Kier molecular flexibility index (Phi) is 9.64. The van der Waals surface area contributed by atoms with Gasteiger partial charge in [-0.15, -0.1) is 0 Å². The Morgan fingerprint density at radius 1 is 0.868 bits per heavy atom. The molecule has 3 aromatic carbocycles. The molecule has 0 unspecified atom stereocenters. The lowest BCUT2D eigenvalue weighted by Crippen LogP contribution is -2.44. The van der Waals surface area contributed by atoms with E-state index in [0.717, 1.165) is 18.5 Å². The van der Waals surface area contributed by atoms with Gasteiger partial charge in [0.15, 0.2) is 26.2 Å². The van der Waals surface area contributed by atoms with Crippen LogP contribution < -0.4 is 10.0 Å². The molecule has 0 fully saturated rings. The van der Waals surface area contributed by atoms with Crippen LogP contribution in [0.3, 0.4) is 0 Å². The molecule has 3 aromatic heterocycles. The van der Waals surface area contributed by atoms with E-state index in [2.05, 4.69) is 25.0 Å². The van der Waals surface area contributed by atoms with Gasteiger partial charge in [0.1, 0.15) is 39.7 Å². The minimum absolute atomic E-state index is 0.0248. The number of nitrogens with one attached hydrogen (secondary N) is 2. The number of carbonyl (C=O) groups excluding carboxylic acids is 1. The molecule has 0 radical (unpaired) electrons. The summed E-state index contributed by atoms with van der Waals surface area (Å²) in [4.78, 5) is 25.5. The number of fused-ring (bicyclic) bond motifs is 2. The van der Waals surface area contributed by atoms with Gasteiger partial charge in [-0.25, -0.2) is 40.6 Å². The van der Waals surface area contributed by atoms with Crippen LogP contribution in [0.25, 0.3) is 27.8 Å². The van der Waals surface area contributed by atoms with Gasteiger partial charge in [-0.3, -0.25) is 14.1 Å². The summed E-state index contributed by atoms with van der Waals surface area (Å²) in [7, 11) is -8.85. The van der Waals surface area contributed by atoms with E-state index in [1.54, 1.807) is 57.2 Å². The molecule has 0 saturated heterocycles. The van der Waals surface area contributed by atoms with Crippen molar-refractivity contribution in [3.63, 3.8) is 0 Å². The first-order chi connectivity index (χ1) is 24.7. The number of ether oxygens (including phenoxy) is 1. The second-order valence-electron chi connectivity index (χ2n) is 13.2. The molecule has 0 amide bonds. The molecule has 18 heteroatoms. The largest absolute Gasteiger partial charge is 0.459 e. The topological polar surface area (TPSA) is 162 Å². The van der Waals surface area contributed by atoms with E-state index in [4.69, 9.17) is 27.9 Å². The zero-order chi connectivity index (χ0) is 38.7. The van der Waals surface area contributed by atoms with Crippen LogP contribution in [0.4, 0.5) is 26.0 Å². The summed E-state index contributed by atoms with van der Waals surface area (Å²) >= 11 is 12.0. The minimum Gasteiger partial charge on any atom is -0.459 e. The van der Waals surface area contributed by atoms with Gasteiger partial charge in [0.05, 0.1) is 31.7 Å². The minimum atomic E-state index is -4.48. The third-order valence-electron chi connectivity index (χ3n) is 8.03. The van der Waals surface area contributed by atoms with Crippen molar-refractivity contribution in [3.8, 4) is 5.82 Å². The molecule has 12 nitrogen and oxygen atoms in total. The number of sulfonamides is 1. The number of nitrogens with zero attached hydrogens (tertiary/aromatic N) is 4. The molecule has 3 heterocycles. The van der Waals surface area contributed by atoms with Crippen molar-refractivity contribution in [2.24, 2.45) is 0 Å². The van der Waals surface area contributed by atoms with Crippen LogP contribution in [0.2, 0.25) is 10.0 Å². The lowest BCUT2D eigenvalue weighted by atomic mass is 10.1. The average Bonchev–Trinajstić information content (AvgIpc) is 3.48. The number of sulfone groups is 1. The van der Waals surface area contributed by atoms with Crippen LogP contribution in [0.5, 0.6) is 0 Å². The van der Waals surface area contributed by atoms with Gasteiger partial charge in [0, 0.05) is 11.6 Å². The van der Waals surface area contributed by atoms with Crippen molar-refractivity contribution in [1.29, 1.82) is 0 Å². The average molecular weight is 804 g/mol. The number of esters is 1. The molecular formula is C35H30Cl2F2N6O6S2. The number of para-hydroxylation sites is 1. The van der Waals surface area contributed by atoms with Gasteiger partial charge < -0.3 is 10.1 Å². The Morgan fingerprint density at radius 2 is 1.58 bits per heavy atom. The molecule has 0 aliphatic rings. The number of hydrogen-bond acceptors (Lipinski definition) is 10. The molecule has 2 N–H and O–H groups in total. The third-order valence-corrected chi connectivity index (χ3v) is 12.8. The second kappa shape index (κ2) is 13.5. The van der Waals surface area contributed by atoms with Crippen molar-refractivity contribution in [1.82, 2.24) is 19.5 Å². The van der Waals surface area contributed by atoms with Gasteiger partial charge in [-0.1, -0.05) is 47.5 Å². The number of carbonyl (C=O) groups is 1. The summed E-state index contributed by atoms with van der Waals surface area (Å²) < 4.78 is 92.5. The highest BCUT2D eigenvalue weighted by molar-refractivity contribution is 7.93. The SMILES string of the molecule is CC(C)(C)OC(=O)C(C)(C)S(=O)(=O)c1cn(-c2ccc3ncnc(Nc4c(F)ccc(NS(=O)(=O)c5cccc(Cl)c5Cl)c4F)c3n2)c2ccccc12. The maximum absolute atomic E-state index is 15.9. The summed E-state index contributed by atoms with van der Waals surface area (Å²) in [6, 6.07) is 15.3. The highest BCUT2D eigenvalue weighted by atomic mass is 35.5. The van der Waals surface area contributed by atoms with Gasteiger partial charge in [-0.05, 0) is 77.1 Å². The number of benzene rings is 3. The Hall–Kier alpha value is -4.90. The fraction of sp³-hybridized carbons (Fsp3) is 0.200. The number of pyridine rings is 1. The van der Waals surface area contributed by atoms with Crippen LogP contribution in [0.1, 0.15) is 34.6 Å². The van der Waals surface area contributed by atoms with Crippen LogP contribution in [0.15, 0.2) is 89.0 Å². The Morgan fingerprint density at radius 3 is 2.30 bits per heavy atom. The first kappa shape index (κ1) is 37.8. The maximum atomic E-state index is 15.9. The highest BCUT2D eigenvalue weighted by Crippen LogP contribution is 2.37. The molecule has 0 spiro atoms. The Labute approximate surface area is 313 Å². The highest BCUT2D eigenvalue weighted by Gasteiger charge is 2.47. The number of rotatable bonds is 9. The summed E-state index contributed by atoms with van der Waals surface area (Å²) in [6.07, 6.45) is 2.46. The standard InChI is InChI=1S/C35H30Cl2F2N6O6S2/c1-34(2,3)51-33(46)35(4,5)52(47,48)26-17-45(24-11-7-6-9-19(24)26)27-16-15-23-31(42-27)32(41-18-40-23)43-30-21(38)13-14-22(29(30)39)44-53(49,50)25-12-8-10-20(36)28(25)37/h6-18,44H,1-5H3,(H,40,41,43). The van der Waals surface area contributed by atoms with Crippen LogP contribution >= 0.6 is 23.2 Å². The monoisotopic (exact) mass is 802 g/mol. The van der Waals surface area contributed by atoms with Crippen molar-refractivity contribution in [3.05, 3.63) is 101 Å². The molecule has 276 valence electrons. The Balaban J connectivity index is 1.42. The predicted octanol–water partition coefficient (Wildman–Crippen LogP) is 7.99. The van der Waals surface area contributed by atoms with E-state index in [0.29, 0.717) is 10.9 Å². The zero-order valence-electron chi connectivity index (χ0n) is 28.6. The number of hydrogen-bond donors (Lipinski definition) is 2. The zero-order valence-corrected chi connectivity index (χ0v) is 31.7. The molecule has 0 atom stereocenters. The van der Waals surface area contributed by atoms with Crippen molar-refractivity contribution in [2.45, 2.75) is 54.8 Å². The second-order valence-corrected chi connectivity index (χ2v) is 18.1. The molecule has 0 aliphatic heterocycles. The smallest absolute Gasteiger partial charge is 0.327 e. The van der Waals surface area contributed by atoms with E-state index in [1.165, 1.54) is 42.8 Å². The lowest BCUT2D eigenvalue weighted by molar-refractivity contribution is -0.157. The molecule has 53 heavy (non-hydrogen) atoms. The number of anilines is 3. The van der Waals surface area contributed by atoms with E-state index >= 15 is 8.78 Å². The quantitative estimate of drug-likeness (QED) is 0.137. The molecule has 0 saturated carbocycles. The molecule has 6 rings (SSSR count). The van der Waals surface area contributed by atoms with Crippen molar-refractivity contribution >= 4 is 88.2 Å². The normalized spacial score (nSPS) is 12.6.